The number of hydrogen-bond acceptors (Lipinski definition) is 3. The SMILES string of the molecule is CNC(=O)C1(C)CCN(Cc2cc(Cl)cc(Cl)c2O)C1. The van der Waals surface area contributed by atoms with Crippen LogP contribution in [0.15, 0.2) is 12.1 Å². The zero-order chi connectivity index (χ0) is 14.9. The number of aromatic hydroxyl groups is 1. The van der Waals surface area contributed by atoms with Crippen LogP contribution in [0.1, 0.15) is 18.9 Å². The summed E-state index contributed by atoms with van der Waals surface area (Å²) in [6.45, 7) is 3.93. The molecule has 1 unspecified atom stereocenters. The third-order valence-electron chi connectivity index (χ3n) is 3.83. The number of phenolic OH excluding ortho intramolecular Hbond substituents is 1. The number of phenols is 1. The Morgan fingerprint density at radius 3 is 2.85 bits per heavy atom. The van der Waals surface area contributed by atoms with Crippen LogP contribution in [0.5, 0.6) is 5.75 Å². The predicted molar refractivity (Wildman–Crippen MR) is 80.2 cm³/mol. The zero-order valence-corrected chi connectivity index (χ0v) is 13.1. The molecule has 0 aromatic heterocycles. The maximum atomic E-state index is 11.9. The first-order valence-corrected chi connectivity index (χ1v) is 7.23. The molecule has 1 aliphatic rings. The second-order valence-corrected chi connectivity index (χ2v) is 6.34. The van der Waals surface area contributed by atoms with E-state index in [0.717, 1.165) is 13.0 Å². The molecule has 1 aliphatic heterocycles. The Hall–Kier alpha value is -0.970. The van der Waals surface area contributed by atoms with Gasteiger partial charge in [0.1, 0.15) is 5.75 Å². The molecule has 6 heteroatoms. The Morgan fingerprint density at radius 2 is 2.20 bits per heavy atom. The Labute approximate surface area is 128 Å². The quantitative estimate of drug-likeness (QED) is 0.901. The average Bonchev–Trinajstić information content (AvgIpc) is 2.77. The van der Waals surface area contributed by atoms with E-state index in [-0.39, 0.29) is 22.1 Å². The van der Waals surface area contributed by atoms with Gasteiger partial charge < -0.3 is 10.4 Å². The lowest BCUT2D eigenvalue weighted by atomic mass is 9.89. The summed E-state index contributed by atoms with van der Waals surface area (Å²) in [6.07, 6.45) is 0.793. The Bertz CT molecular complexity index is 536. The maximum absolute atomic E-state index is 11.9. The van der Waals surface area contributed by atoms with Crippen molar-refractivity contribution in [3.8, 4) is 5.75 Å². The van der Waals surface area contributed by atoms with Crippen molar-refractivity contribution < 1.29 is 9.90 Å². The van der Waals surface area contributed by atoms with E-state index in [2.05, 4.69) is 10.2 Å². The minimum atomic E-state index is -0.382. The van der Waals surface area contributed by atoms with Gasteiger partial charge in [-0.2, -0.15) is 0 Å². The fourth-order valence-corrected chi connectivity index (χ4v) is 3.19. The van der Waals surface area contributed by atoms with Gasteiger partial charge in [0, 0.05) is 30.7 Å². The van der Waals surface area contributed by atoms with Crippen LogP contribution >= 0.6 is 23.2 Å². The molecule has 1 saturated heterocycles. The highest BCUT2D eigenvalue weighted by molar-refractivity contribution is 6.35. The molecular formula is C14H18Cl2N2O2. The average molecular weight is 317 g/mol. The minimum Gasteiger partial charge on any atom is -0.506 e. The van der Waals surface area contributed by atoms with Gasteiger partial charge in [-0.15, -0.1) is 0 Å². The summed E-state index contributed by atoms with van der Waals surface area (Å²) in [5, 5.41) is 13.4. The van der Waals surface area contributed by atoms with Crippen molar-refractivity contribution in [2.75, 3.05) is 20.1 Å². The number of nitrogens with zero attached hydrogens (tertiary/aromatic N) is 1. The number of halogens is 2. The van der Waals surface area contributed by atoms with Gasteiger partial charge in [-0.3, -0.25) is 9.69 Å². The highest BCUT2D eigenvalue weighted by Crippen LogP contribution is 2.35. The molecule has 2 N–H and O–H groups in total. The number of amides is 1. The summed E-state index contributed by atoms with van der Waals surface area (Å²) in [5.74, 6) is 0.109. The van der Waals surface area contributed by atoms with E-state index >= 15 is 0 Å². The fourth-order valence-electron chi connectivity index (χ4n) is 2.66. The molecule has 1 amide bonds. The number of carbonyl (C=O) groups excluding carboxylic acids is 1. The summed E-state index contributed by atoms with van der Waals surface area (Å²) >= 11 is 11.9. The van der Waals surface area contributed by atoms with Crippen molar-refractivity contribution in [2.24, 2.45) is 5.41 Å². The Balaban J connectivity index is 2.12. The molecule has 0 radical (unpaired) electrons. The van der Waals surface area contributed by atoms with Crippen molar-refractivity contribution in [3.05, 3.63) is 27.7 Å². The normalized spacial score (nSPS) is 23.0. The van der Waals surface area contributed by atoms with Gasteiger partial charge >= 0.3 is 0 Å². The molecule has 110 valence electrons. The van der Waals surface area contributed by atoms with Gasteiger partial charge in [0.05, 0.1) is 10.4 Å². The third kappa shape index (κ3) is 3.03. The molecule has 0 spiro atoms. The monoisotopic (exact) mass is 316 g/mol. The van der Waals surface area contributed by atoms with Gasteiger partial charge in [-0.1, -0.05) is 23.2 Å². The van der Waals surface area contributed by atoms with Crippen molar-refractivity contribution in [1.82, 2.24) is 10.2 Å². The second-order valence-electron chi connectivity index (χ2n) is 5.50. The molecule has 0 saturated carbocycles. The van der Waals surface area contributed by atoms with Crippen LogP contribution in [0.2, 0.25) is 10.0 Å². The Morgan fingerprint density at radius 1 is 1.50 bits per heavy atom. The second kappa shape index (κ2) is 5.80. The summed E-state index contributed by atoms with van der Waals surface area (Å²) in [5.41, 5.74) is 0.302. The Kier molecular flexibility index (Phi) is 4.47. The van der Waals surface area contributed by atoms with E-state index < -0.39 is 0 Å². The molecule has 1 atom stereocenters. The highest BCUT2D eigenvalue weighted by Gasteiger charge is 2.39. The van der Waals surface area contributed by atoms with Crippen molar-refractivity contribution in [1.29, 1.82) is 0 Å². The molecular weight excluding hydrogens is 299 g/mol. The number of nitrogens with one attached hydrogen (secondary N) is 1. The van der Waals surface area contributed by atoms with Crippen molar-refractivity contribution in [3.63, 3.8) is 0 Å². The van der Waals surface area contributed by atoms with E-state index in [1.165, 1.54) is 6.07 Å². The number of likely N-dealkylation sites (tertiary alicyclic amines) is 1. The van der Waals surface area contributed by atoms with Gasteiger partial charge in [-0.05, 0) is 32.0 Å². The van der Waals surface area contributed by atoms with Crippen molar-refractivity contribution in [2.45, 2.75) is 19.9 Å². The first-order valence-electron chi connectivity index (χ1n) is 6.47. The van der Waals surface area contributed by atoms with Crippen molar-refractivity contribution >= 4 is 29.1 Å². The van der Waals surface area contributed by atoms with Crippen LogP contribution in [0.25, 0.3) is 0 Å². The summed E-state index contributed by atoms with van der Waals surface area (Å²) in [7, 11) is 1.65. The lowest BCUT2D eigenvalue weighted by molar-refractivity contribution is -0.129. The van der Waals surface area contributed by atoms with E-state index in [0.29, 0.717) is 23.7 Å². The first-order chi connectivity index (χ1) is 9.35. The lowest BCUT2D eigenvalue weighted by Crippen LogP contribution is -2.39. The third-order valence-corrected chi connectivity index (χ3v) is 4.34. The number of hydrogen-bond donors (Lipinski definition) is 2. The van der Waals surface area contributed by atoms with E-state index in [1.54, 1.807) is 13.1 Å². The number of rotatable bonds is 3. The maximum Gasteiger partial charge on any atom is 0.227 e. The molecule has 1 aromatic carbocycles. The molecule has 1 heterocycles. The highest BCUT2D eigenvalue weighted by atomic mass is 35.5. The molecule has 2 rings (SSSR count). The first kappa shape index (κ1) is 15.4. The topological polar surface area (TPSA) is 52.6 Å². The fraction of sp³-hybridized carbons (Fsp3) is 0.500. The molecule has 1 aromatic rings. The molecule has 0 aliphatic carbocycles. The predicted octanol–water partition coefficient (Wildman–Crippen LogP) is 2.66. The van der Waals surface area contributed by atoms with Crippen LogP contribution in [-0.2, 0) is 11.3 Å². The largest absolute Gasteiger partial charge is 0.506 e. The summed E-state index contributed by atoms with van der Waals surface area (Å²) in [6, 6.07) is 3.22. The van der Waals surface area contributed by atoms with Gasteiger partial charge in [0.15, 0.2) is 0 Å². The van der Waals surface area contributed by atoms with E-state index in [4.69, 9.17) is 23.2 Å². The van der Waals surface area contributed by atoms with Crippen LogP contribution in [0, 0.1) is 5.41 Å². The minimum absolute atomic E-state index is 0.0494. The lowest BCUT2D eigenvalue weighted by Gasteiger charge is -2.23. The standard InChI is InChI=1S/C14H18Cl2N2O2/c1-14(13(20)17-2)3-4-18(8-14)7-9-5-10(15)6-11(16)12(9)19/h5-6,19H,3-4,7-8H2,1-2H3,(H,17,20). The van der Waals surface area contributed by atoms with Gasteiger partial charge in [0.2, 0.25) is 5.91 Å². The van der Waals surface area contributed by atoms with Gasteiger partial charge in [-0.25, -0.2) is 0 Å². The number of carbonyl (C=O) groups is 1. The van der Waals surface area contributed by atoms with Crippen LogP contribution < -0.4 is 5.32 Å². The molecule has 1 fully saturated rings. The number of benzene rings is 1. The molecule has 0 bridgehead atoms. The van der Waals surface area contributed by atoms with Crippen LogP contribution in [0.3, 0.4) is 0 Å². The molecule has 4 nitrogen and oxygen atoms in total. The zero-order valence-electron chi connectivity index (χ0n) is 11.5. The van der Waals surface area contributed by atoms with E-state index in [1.807, 2.05) is 6.92 Å². The smallest absolute Gasteiger partial charge is 0.227 e. The summed E-state index contributed by atoms with van der Waals surface area (Å²) < 4.78 is 0. The molecule has 20 heavy (non-hydrogen) atoms. The van der Waals surface area contributed by atoms with Gasteiger partial charge in [0.25, 0.3) is 0 Å². The summed E-state index contributed by atoms with van der Waals surface area (Å²) in [4.78, 5) is 14.0. The van der Waals surface area contributed by atoms with E-state index in [9.17, 15) is 9.90 Å². The van der Waals surface area contributed by atoms with Crippen LogP contribution in [-0.4, -0.2) is 36.1 Å². The van der Waals surface area contributed by atoms with Crippen LogP contribution in [0.4, 0.5) is 0 Å².